The lowest BCUT2D eigenvalue weighted by molar-refractivity contribution is -0.136. The van der Waals surface area contributed by atoms with E-state index in [4.69, 9.17) is 4.74 Å². The molecule has 0 saturated carbocycles. The van der Waals surface area contributed by atoms with E-state index in [0.717, 1.165) is 12.0 Å². The summed E-state index contributed by atoms with van der Waals surface area (Å²) in [5, 5.41) is 0. The highest BCUT2D eigenvalue weighted by molar-refractivity contribution is 5.81. The Hall–Kier alpha value is -3.48. The van der Waals surface area contributed by atoms with Crippen LogP contribution < -0.4 is 10.3 Å². The average Bonchev–Trinajstić information content (AvgIpc) is 3.25. The molecule has 1 amide bonds. The number of nitrogens with one attached hydrogen (secondary N) is 1. The Morgan fingerprint density at radius 2 is 2.03 bits per heavy atom. The number of amides is 1. The molecule has 1 fully saturated rings. The summed E-state index contributed by atoms with van der Waals surface area (Å²) in [4.78, 5) is 38.4. The van der Waals surface area contributed by atoms with E-state index >= 15 is 0 Å². The predicted octanol–water partition coefficient (Wildman–Crippen LogP) is 2.92. The number of pyridine rings is 1. The molecule has 2 unspecified atom stereocenters. The first-order valence-corrected chi connectivity index (χ1v) is 10.0. The van der Waals surface area contributed by atoms with Gasteiger partial charge in [0.25, 0.3) is 11.5 Å². The third-order valence-electron chi connectivity index (χ3n) is 5.27. The predicted molar refractivity (Wildman–Crippen MR) is 113 cm³/mol. The number of H-pyrrole nitrogens is 1. The smallest absolute Gasteiger partial charge is 0.263 e. The van der Waals surface area contributed by atoms with Crippen LogP contribution in [0, 0.1) is 6.92 Å². The summed E-state index contributed by atoms with van der Waals surface area (Å²) in [5.74, 6) is 1.06. The minimum atomic E-state index is -0.581. The summed E-state index contributed by atoms with van der Waals surface area (Å²) in [7, 11) is 0. The Morgan fingerprint density at radius 3 is 2.77 bits per heavy atom. The molecule has 0 radical (unpaired) electrons. The Kier molecular flexibility index (Phi) is 5.61. The van der Waals surface area contributed by atoms with Gasteiger partial charge in [-0.1, -0.05) is 23.8 Å². The molecule has 4 rings (SSSR count). The van der Waals surface area contributed by atoms with Gasteiger partial charge in [0.1, 0.15) is 11.4 Å². The summed E-state index contributed by atoms with van der Waals surface area (Å²) in [5.41, 5.74) is 2.21. The summed E-state index contributed by atoms with van der Waals surface area (Å²) < 4.78 is 5.81. The summed E-state index contributed by atoms with van der Waals surface area (Å²) >= 11 is 0. The van der Waals surface area contributed by atoms with Gasteiger partial charge >= 0.3 is 0 Å². The van der Waals surface area contributed by atoms with Gasteiger partial charge in [0.2, 0.25) is 0 Å². The first-order valence-electron chi connectivity index (χ1n) is 10.0. The SMILES string of the molecule is Cc1ccc(OC(C)C(=O)N2CCC(c3cc(=O)[nH]c(-c4ccccn4)n3)C2)cc1. The van der Waals surface area contributed by atoms with Crippen molar-refractivity contribution >= 4 is 5.91 Å². The largest absolute Gasteiger partial charge is 0.481 e. The number of ether oxygens (including phenoxy) is 1. The van der Waals surface area contributed by atoms with Gasteiger partial charge in [-0.3, -0.25) is 14.6 Å². The monoisotopic (exact) mass is 404 g/mol. The number of carbonyl (C=O) groups excluding carboxylic acids is 1. The van der Waals surface area contributed by atoms with E-state index in [0.29, 0.717) is 36.1 Å². The molecule has 2 aromatic heterocycles. The van der Waals surface area contributed by atoms with E-state index in [2.05, 4.69) is 15.0 Å². The van der Waals surface area contributed by atoms with Gasteiger partial charge in [-0.25, -0.2) is 4.98 Å². The zero-order chi connectivity index (χ0) is 21.1. The van der Waals surface area contributed by atoms with Crippen LogP contribution >= 0.6 is 0 Å². The fourth-order valence-electron chi connectivity index (χ4n) is 3.64. The molecule has 2 atom stereocenters. The van der Waals surface area contributed by atoms with E-state index in [1.54, 1.807) is 24.1 Å². The van der Waals surface area contributed by atoms with Crippen molar-refractivity contribution in [2.24, 2.45) is 0 Å². The number of hydrogen-bond acceptors (Lipinski definition) is 5. The van der Waals surface area contributed by atoms with E-state index in [9.17, 15) is 9.59 Å². The molecule has 1 aliphatic heterocycles. The number of likely N-dealkylation sites (tertiary alicyclic amines) is 1. The third-order valence-corrected chi connectivity index (χ3v) is 5.27. The normalized spacial score (nSPS) is 17.0. The van der Waals surface area contributed by atoms with Gasteiger partial charge in [0.15, 0.2) is 11.9 Å². The van der Waals surface area contributed by atoms with Crippen LogP contribution in [-0.2, 0) is 4.79 Å². The van der Waals surface area contributed by atoms with Crippen LogP contribution in [0.5, 0.6) is 5.75 Å². The number of carbonyl (C=O) groups is 1. The molecule has 30 heavy (non-hydrogen) atoms. The van der Waals surface area contributed by atoms with E-state index in [-0.39, 0.29) is 17.4 Å². The maximum atomic E-state index is 12.9. The molecular weight excluding hydrogens is 380 g/mol. The average molecular weight is 404 g/mol. The molecule has 154 valence electrons. The maximum absolute atomic E-state index is 12.9. The molecule has 0 spiro atoms. The van der Waals surface area contributed by atoms with Crippen molar-refractivity contribution in [3.05, 3.63) is 76.3 Å². The second kappa shape index (κ2) is 8.49. The van der Waals surface area contributed by atoms with Crippen LogP contribution in [0.2, 0.25) is 0 Å². The molecule has 1 N–H and O–H groups in total. The number of benzene rings is 1. The van der Waals surface area contributed by atoms with Gasteiger partial charge in [0, 0.05) is 31.3 Å². The second-order valence-electron chi connectivity index (χ2n) is 7.58. The summed E-state index contributed by atoms with van der Waals surface area (Å²) in [6.45, 7) is 4.89. The molecule has 1 aromatic carbocycles. The van der Waals surface area contributed by atoms with Crippen molar-refractivity contribution in [3.63, 3.8) is 0 Å². The third kappa shape index (κ3) is 4.40. The minimum absolute atomic E-state index is 0.00490. The molecular formula is C23H24N4O3. The lowest BCUT2D eigenvalue weighted by Crippen LogP contribution is -2.39. The molecule has 0 aliphatic carbocycles. The van der Waals surface area contributed by atoms with Gasteiger partial charge in [-0.05, 0) is 44.5 Å². The van der Waals surface area contributed by atoms with Crippen LogP contribution in [-0.4, -0.2) is 45.0 Å². The molecule has 0 bridgehead atoms. The van der Waals surface area contributed by atoms with Crippen molar-refractivity contribution < 1.29 is 9.53 Å². The highest BCUT2D eigenvalue weighted by atomic mass is 16.5. The Bertz CT molecular complexity index is 1080. The topological polar surface area (TPSA) is 88.2 Å². The zero-order valence-electron chi connectivity index (χ0n) is 17.0. The Balaban J connectivity index is 1.45. The quantitative estimate of drug-likeness (QED) is 0.706. The number of aromatic nitrogens is 3. The molecule has 7 heteroatoms. The standard InChI is InChI=1S/C23H24N4O3/c1-15-6-8-18(9-7-15)30-16(2)23(29)27-12-10-17(14-27)20-13-21(28)26-22(25-20)19-5-3-4-11-24-19/h3-9,11,13,16-17H,10,12,14H2,1-2H3,(H,25,26,28). The fraction of sp³-hybridized carbons (Fsp3) is 0.304. The fourth-order valence-corrected chi connectivity index (χ4v) is 3.64. The molecule has 3 heterocycles. The van der Waals surface area contributed by atoms with Gasteiger partial charge < -0.3 is 14.6 Å². The van der Waals surface area contributed by atoms with Crippen molar-refractivity contribution in [2.45, 2.75) is 32.3 Å². The molecule has 3 aromatic rings. The van der Waals surface area contributed by atoms with E-state index < -0.39 is 6.10 Å². The zero-order valence-corrected chi connectivity index (χ0v) is 17.0. The number of hydrogen-bond donors (Lipinski definition) is 1. The lowest BCUT2D eigenvalue weighted by atomic mass is 10.0. The molecule has 1 aliphatic rings. The van der Waals surface area contributed by atoms with Crippen LogP contribution in [0.3, 0.4) is 0 Å². The highest BCUT2D eigenvalue weighted by Crippen LogP contribution is 2.27. The number of aromatic amines is 1. The van der Waals surface area contributed by atoms with Crippen LogP contribution in [0.4, 0.5) is 0 Å². The van der Waals surface area contributed by atoms with Gasteiger partial charge in [0.05, 0.1) is 5.69 Å². The van der Waals surface area contributed by atoms with Crippen molar-refractivity contribution in [3.8, 4) is 17.3 Å². The van der Waals surface area contributed by atoms with Crippen molar-refractivity contribution in [1.82, 2.24) is 19.9 Å². The van der Waals surface area contributed by atoms with Crippen LogP contribution in [0.1, 0.15) is 30.5 Å². The van der Waals surface area contributed by atoms with Crippen molar-refractivity contribution in [2.75, 3.05) is 13.1 Å². The molecule has 1 saturated heterocycles. The lowest BCUT2D eigenvalue weighted by Gasteiger charge is -2.22. The first-order chi connectivity index (χ1) is 14.5. The van der Waals surface area contributed by atoms with Crippen molar-refractivity contribution in [1.29, 1.82) is 0 Å². The summed E-state index contributed by atoms with van der Waals surface area (Å²) in [6, 6.07) is 14.6. The maximum Gasteiger partial charge on any atom is 0.263 e. The first kappa shape index (κ1) is 19.8. The Morgan fingerprint density at radius 1 is 1.23 bits per heavy atom. The number of rotatable bonds is 5. The highest BCUT2D eigenvalue weighted by Gasteiger charge is 2.31. The number of nitrogens with zero attached hydrogens (tertiary/aromatic N) is 3. The second-order valence-corrected chi connectivity index (χ2v) is 7.58. The van der Waals surface area contributed by atoms with E-state index in [1.165, 1.54) is 6.07 Å². The van der Waals surface area contributed by atoms with Crippen LogP contribution in [0.25, 0.3) is 11.5 Å². The minimum Gasteiger partial charge on any atom is -0.481 e. The Labute approximate surface area is 174 Å². The summed E-state index contributed by atoms with van der Waals surface area (Å²) in [6.07, 6.45) is 1.83. The number of aryl methyl sites for hydroxylation is 1. The van der Waals surface area contributed by atoms with Gasteiger partial charge in [-0.15, -0.1) is 0 Å². The molecule has 7 nitrogen and oxygen atoms in total. The van der Waals surface area contributed by atoms with Crippen LogP contribution in [0.15, 0.2) is 59.5 Å². The van der Waals surface area contributed by atoms with E-state index in [1.807, 2.05) is 43.3 Å². The van der Waals surface area contributed by atoms with Gasteiger partial charge in [-0.2, -0.15) is 0 Å².